The highest BCUT2D eigenvalue weighted by molar-refractivity contribution is 5.82. The van der Waals surface area contributed by atoms with Gasteiger partial charge in [0.05, 0.1) is 23.0 Å². The molecule has 8 nitrogen and oxygen atoms in total. The Morgan fingerprint density at radius 2 is 1.63 bits per heavy atom. The van der Waals surface area contributed by atoms with Gasteiger partial charge in [-0.25, -0.2) is 9.97 Å². The number of nitrogens with zero attached hydrogens (tertiary/aromatic N) is 7. The molecule has 8 heteroatoms. The summed E-state index contributed by atoms with van der Waals surface area (Å²) in [6.07, 6.45) is 7.57. The van der Waals surface area contributed by atoms with E-state index in [4.69, 9.17) is 9.97 Å². The van der Waals surface area contributed by atoms with E-state index in [1.807, 2.05) is 48.7 Å². The summed E-state index contributed by atoms with van der Waals surface area (Å²) in [5.74, 6) is 2.10. The van der Waals surface area contributed by atoms with E-state index in [2.05, 4.69) is 66.9 Å². The number of imidazole rings is 1. The molecule has 1 aliphatic heterocycles. The highest BCUT2D eigenvalue weighted by atomic mass is 15.2. The van der Waals surface area contributed by atoms with Crippen molar-refractivity contribution < 1.29 is 0 Å². The van der Waals surface area contributed by atoms with Gasteiger partial charge in [-0.1, -0.05) is 54.6 Å². The van der Waals surface area contributed by atoms with Crippen molar-refractivity contribution in [1.82, 2.24) is 34.4 Å². The Kier molecular flexibility index (Phi) is 6.55. The minimum atomic E-state index is 0.393. The summed E-state index contributed by atoms with van der Waals surface area (Å²) in [6.45, 7) is 2.95. The van der Waals surface area contributed by atoms with Gasteiger partial charge in [-0.15, -0.1) is 0 Å². The average Bonchev–Trinajstić information content (AvgIpc) is 3.68. The summed E-state index contributed by atoms with van der Waals surface area (Å²) in [6, 6.07) is 28.8. The van der Waals surface area contributed by atoms with Gasteiger partial charge in [0.25, 0.3) is 0 Å². The highest BCUT2D eigenvalue weighted by Gasteiger charge is 2.24. The minimum absolute atomic E-state index is 0.393. The first-order chi connectivity index (χ1) is 20.2. The van der Waals surface area contributed by atoms with E-state index in [1.165, 1.54) is 5.56 Å². The number of H-pyrrole nitrogens is 1. The maximum Gasteiger partial charge on any atom is 0.181 e. The van der Waals surface area contributed by atoms with Crippen LogP contribution in [-0.2, 0) is 6.54 Å². The van der Waals surface area contributed by atoms with Crippen LogP contribution in [0.2, 0.25) is 0 Å². The molecule has 4 aromatic heterocycles. The van der Waals surface area contributed by atoms with Gasteiger partial charge in [-0.05, 0) is 55.8 Å². The maximum absolute atomic E-state index is 9.39. The molecular weight excluding hydrogens is 508 g/mol. The molecule has 0 unspecified atom stereocenters. The van der Waals surface area contributed by atoms with Crippen molar-refractivity contribution in [2.75, 3.05) is 13.1 Å². The van der Waals surface area contributed by atoms with Crippen molar-refractivity contribution in [1.29, 1.82) is 5.26 Å². The van der Waals surface area contributed by atoms with Crippen LogP contribution in [0, 0.1) is 11.3 Å². The second-order valence-electron chi connectivity index (χ2n) is 10.5. The molecule has 0 aliphatic carbocycles. The number of benzene rings is 2. The number of hydrogen-bond acceptors (Lipinski definition) is 6. The van der Waals surface area contributed by atoms with Crippen molar-refractivity contribution in [3.8, 4) is 40.0 Å². The van der Waals surface area contributed by atoms with Gasteiger partial charge < -0.3 is 0 Å². The molecule has 6 aromatic rings. The molecule has 0 spiro atoms. The summed E-state index contributed by atoms with van der Waals surface area (Å²) in [5.41, 5.74) is 7.72. The van der Waals surface area contributed by atoms with Crippen LogP contribution < -0.4 is 0 Å². The molecule has 0 amide bonds. The zero-order chi connectivity index (χ0) is 27.6. The number of rotatable bonds is 6. The number of likely N-dealkylation sites (tertiary alicyclic amines) is 1. The van der Waals surface area contributed by atoms with E-state index >= 15 is 0 Å². The molecule has 5 heterocycles. The Morgan fingerprint density at radius 1 is 0.854 bits per heavy atom. The molecule has 41 heavy (non-hydrogen) atoms. The first kappa shape index (κ1) is 24.9. The van der Waals surface area contributed by atoms with Crippen LogP contribution in [-0.4, -0.2) is 47.5 Å². The first-order valence-corrected chi connectivity index (χ1v) is 13.9. The van der Waals surface area contributed by atoms with Crippen LogP contribution >= 0.6 is 0 Å². The van der Waals surface area contributed by atoms with Crippen molar-refractivity contribution in [2.45, 2.75) is 25.3 Å². The van der Waals surface area contributed by atoms with Crippen LogP contribution in [0.1, 0.15) is 35.7 Å². The molecule has 200 valence electrons. The number of hydrogen-bond donors (Lipinski definition) is 1. The third-order valence-corrected chi connectivity index (χ3v) is 7.85. The van der Waals surface area contributed by atoms with Gasteiger partial charge in [-0.3, -0.25) is 19.4 Å². The summed E-state index contributed by atoms with van der Waals surface area (Å²) >= 11 is 0. The Balaban J connectivity index is 1.06. The summed E-state index contributed by atoms with van der Waals surface area (Å²) in [5, 5.41) is 17.0. The topological polar surface area (TPSA) is 98.8 Å². The van der Waals surface area contributed by atoms with Crippen LogP contribution in [0.15, 0.2) is 97.5 Å². The predicted molar refractivity (Wildman–Crippen MR) is 158 cm³/mol. The van der Waals surface area contributed by atoms with Crippen molar-refractivity contribution in [3.63, 3.8) is 0 Å². The number of aromatic nitrogens is 6. The summed E-state index contributed by atoms with van der Waals surface area (Å²) < 4.78 is 2.07. The molecule has 2 aromatic carbocycles. The molecule has 1 N–H and O–H groups in total. The molecule has 0 radical (unpaired) electrons. The van der Waals surface area contributed by atoms with Gasteiger partial charge in [0, 0.05) is 47.7 Å². The monoisotopic (exact) mass is 536 g/mol. The largest absolute Gasteiger partial charge is 0.299 e. The van der Waals surface area contributed by atoms with Crippen LogP contribution in [0.25, 0.3) is 39.5 Å². The Morgan fingerprint density at radius 3 is 2.39 bits per heavy atom. The van der Waals surface area contributed by atoms with E-state index in [-0.39, 0.29) is 0 Å². The molecule has 0 bridgehead atoms. The van der Waals surface area contributed by atoms with Gasteiger partial charge in [0.2, 0.25) is 0 Å². The Bertz CT molecular complexity index is 1820. The third kappa shape index (κ3) is 4.99. The highest BCUT2D eigenvalue weighted by Crippen LogP contribution is 2.34. The number of aromatic amines is 1. The van der Waals surface area contributed by atoms with Gasteiger partial charge >= 0.3 is 0 Å². The number of piperidine rings is 1. The van der Waals surface area contributed by atoms with E-state index in [1.54, 1.807) is 12.4 Å². The quantitative estimate of drug-likeness (QED) is 0.276. The minimum Gasteiger partial charge on any atom is -0.299 e. The lowest BCUT2D eigenvalue weighted by Gasteiger charge is -2.30. The van der Waals surface area contributed by atoms with E-state index < -0.39 is 0 Å². The fraction of sp³-hybridized carbons (Fsp3) is 0.182. The lowest BCUT2D eigenvalue weighted by atomic mass is 9.95. The predicted octanol–water partition coefficient (Wildman–Crippen LogP) is 6.10. The van der Waals surface area contributed by atoms with Gasteiger partial charge in [-0.2, -0.15) is 10.4 Å². The zero-order valence-electron chi connectivity index (χ0n) is 22.5. The van der Waals surface area contributed by atoms with Crippen molar-refractivity contribution >= 4 is 5.65 Å². The molecule has 1 saturated heterocycles. The Hall–Kier alpha value is -5.13. The van der Waals surface area contributed by atoms with Crippen LogP contribution in [0.3, 0.4) is 0 Å². The molecule has 1 fully saturated rings. The lowest BCUT2D eigenvalue weighted by Crippen LogP contribution is -2.32. The molecule has 0 atom stereocenters. The van der Waals surface area contributed by atoms with Crippen molar-refractivity contribution in [2.24, 2.45) is 0 Å². The summed E-state index contributed by atoms with van der Waals surface area (Å²) in [7, 11) is 0. The fourth-order valence-corrected chi connectivity index (χ4v) is 5.67. The van der Waals surface area contributed by atoms with Gasteiger partial charge in [0.1, 0.15) is 11.5 Å². The smallest absolute Gasteiger partial charge is 0.181 e. The number of nitrogens with one attached hydrogen (secondary N) is 1. The van der Waals surface area contributed by atoms with E-state index in [9.17, 15) is 5.26 Å². The van der Waals surface area contributed by atoms with Crippen LogP contribution in [0.4, 0.5) is 0 Å². The molecule has 1 aliphatic rings. The van der Waals surface area contributed by atoms with Crippen molar-refractivity contribution in [3.05, 3.63) is 114 Å². The molecule has 0 saturated carbocycles. The normalized spacial score (nSPS) is 14.3. The second kappa shape index (κ2) is 10.8. The van der Waals surface area contributed by atoms with E-state index in [0.29, 0.717) is 11.5 Å². The standard InChI is InChI=1S/C33H28N8/c34-21-24-12-19-41-29(20-24)36-30(31(41)26-4-2-1-3-5-26)25-8-6-23(7-9-25)22-40-17-13-28(14-18-40)33-37-32(38-39-33)27-10-15-35-16-11-27/h1-12,15-16,19-20,28H,13-14,17-18,22H2,(H,37,38,39). The molecule has 7 rings (SSSR count). The van der Waals surface area contributed by atoms with Crippen LogP contribution in [0.5, 0.6) is 0 Å². The summed E-state index contributed by atoms with van der Waals surface area (Å²) in [4.78, 5) is 16.3. The zero-order valence-corrected chi connectivity index (χ0v) is 22.5. The van der Waals surface area contributed by atoms with Gasteiger partial charge in [0.15, 0.2) is 5.82 Å². The maximum atomic E-state index is 9.39. The Labute approximate surface area is 238 Å². The third-order valence-electron chi connectivity index (χ3n) is 7.85. The number of pyridine rings is 2. The first-order valence-electron chi connectivity index (χ1n) is 13.9. The molecular formula is C33H28N8. The lowest BCUT2D eigenvalue weighted by molar-refractivity contribution is 0.202. The average molecular weight is 537 g/mol. The van der Waals surface area contributed by atoms with E-state index in [0.717, 1.165) is 77.9 Å². The number of nitriles is 1. The second-order valence-corrected chi connectivity index (χ2v) is 10.5. The fourth-order valence-electron chi connectivity index (χ4n) is 5.67. The SMILES string of the molecule is N#Cc1ccn2c(-c3ccccc3)c(-c3ccc(CN4CCC(c5nc(-c6ccncc6)n[nH]5)CC4)cc3)nc2c1. The number of fused-ring (bicyclic) bond motifs is 1.